The number of non-ortho nitro benzene ring substituents is 1. The molecule has 0 atom stereocenters. The van der Waals surface area contributed by atoms with Crippen molar-refractivity contribution in [2.24, 2.45) is 0 Å². The molecule has 24 nitrogen and oxygen atoms in total. The van der Waals surface area contributed by atoms with Crippen LogP contribution in [0.4, 0.5) is 56.8 Å². The molecule has 6 aromatic heterocycles. The molecular formula is C86H97IN17O7Pt-. The fourth-order valence-electron chi connectivity index (χ4n) is 10.9. The molecule has 0 aliphatic heterocycles. The van der Waals surface area contributed by atoms with Crippen LogP contribution in [0.15, 0.2) is 243 Å². The topological polar surface area (TPSA) is 376 Å². The van der Waals surface area contributed by atoms with Crippen molar-refractivity contribution in [1.29, 1.82) is 0 Å². The van der Waals surface area contributed by atoms with Crippen LogP contribution in [0.25, 0.3) is 43.7 Å². The predicted molar refractivity (Wildman–Crippen MR) is 461 cm³/mol. The van der Waals surface area contributed by atoms with Crippen LogP contribution in [-0.4, -0.2) is 60.5 Å². The number of aliphatic hydroxyl groups is 1. The maximum Gasteiger partial charge on any atom is 0.324 e. The van der Waals surface area contributed by atoms with Crippen LogP contribution in [0.5, 0.6) is 17.2 Å². The van der Waals surface area contributed by atoms with Gasteiger partial charge in [-0.3, -0.25) is 15.4 Å². The Morgan fingerprint density at radius 2 is 0.866 bits per heavy atom. The number of nitrogens with one attached hydrogen (secondary N) is 2. The first-order valence-electron chi connectivity index (χ1n) is 35.2. The smallest absolute Gasteiger partial charge is 0.324 e. The molecule has 2 amide bonds. The number of nitrogen functional groups attached to an aromatic ring is 6. The van der Waals surface area contributed by atoms with E-state index < -0.39 is 4.92 Å². The molecule has 586 valence electrons. The van der Waals surface area contributed by atoms with Gasteiger partial charge in [0.1, 0.15) is 72.0 Å². The van der Waals surface area contributed by atoms with Crippen molar-refractivity contribution >= 4 is 113 Å². The molecule has 15 N–H and O–H groups in total. The summed E-state index contributed by atoms with van der Waals surface area (Å²) in [4.78, 5) is 40.1. The van der Waals surface area contributed by atoms with Crippen molar-refractivity contribution < 1.29 is 51.5 Å². The fourth-order valence-corrected chi connectivity index (χ4v) is 10.9. The minimum Gasteiger partial charge on any atom is -0.488 e. The maximum absolute atomic E-state index is 13.2. The zero-order chi connectivity index (χ0) is 79.1. The van der Waals surface area contributed by atoms with Crippen molar-refractivity contribution in [3.8, 4) is 28.6 Å². The number of nitro groups is 1. The number of amides is 2. The Bertz CT molecular complexity index is 5430. The number of aliphatic hydroxyl groups excluding tert-OH is 1. The number of halogens is 1. The number of hydrogen-bond acceptors (Lipinski definition) is 19. The SMILES string of the molecule is C.Cc1ccc(-n2nc(C(C)(C)C)cc2N)cc1.Cc1ccc(-n2nc(C(C)(C)C)cc2NC(=O)Nc2ccc(OCc3ccnc(N)c3)c3ccccc23)cc1.Nc1cc(CO)ccn1.Nc1cc(COc2ccc(N)c3ccccc23)ccn1.Nc1cc(COc2ccc([N+](=O)[O-])c3ccccc23)ccn1.[2H]CI.[CH3-].[Pt]. The fraction of sp³-hybridized carbons (Fsp3) is 0.186. The molecule has 0 spiro atoms. The molecule has 14 rings (SSSR count). The summed E-state index contributed by atoms with van der Waals surface area (Å²) < 4.78 is 27.5. The van der Waals surface area contributed by atoms with E-state index in [2.05, 4.69) is 96.3 Å². The number of rotatable bonds is 15. The van der Waals surface area contributed by atoms with Gasteiger partial charge < -0.3 is 66.5 Å². The normalized spacial score (nSPS) is 10.6. The van der Waals surface area contributed by atoms with Gasteiger partial charge in [0.2, 0.25) is 0 Å². The van der Waals surface area contributed by atoms with Crippen LogP contribution in [0, 0.1) is 31.4 Å². The third-order valence-corrected chi connectivity index (χ3v) is 16.6. The number of urea groups is 1. The Kier molecular flexibility index (Phi) is 32.3. The number of hydrogen-bond donors (Lipinski definition) is 9. The number of carbonyl (C=O) groups is 1. The van der Waals surface area contributed by atoms with Gasteiger partial charge in [0.15, 0.2) is 0 Å². The molecule has 0 aliphatic rings. The van der Waals surface area contributed by atoms with Crippen molar-refractivity contribution in [3.05, 3.63) is 305 Å². The van der Waals surface area contributed by atoms with E-state index in [0.29, 0.717) is 87.6 Å². The van der Waals surface area contributed by atoms with E-state index in [1.807, 2.05) is 175 Å². The van der Waals surface area contributed by atoms with Gasteiger partial charge in [-0.1, -0.05) is 174 Å². The van der Waals surface area contributed by atoms with Gasteiger partial charge in [0.25, 0.3) is 5.69 Å². The van der Waals surface area contributed by atoms with E-state index in [4.69, 9.17) is 60.2 Å². The molecule has 0 saturated heterocycles. The summed E-state index contributed by atoms with van der Waals surface area (Å²) in [5.74, 6) is 5.19. The average molecular weight is 1800 g/mol. The summed E-state index contributed by atoms with van der Waals surface area (Å²) in [6.45, 7) is 17.9. The van der Waals surface area contributed by atoms with Crippen LogP contribution in [0.3, 0.4) is 0 Å². The van der Waals surface area contributed by atoms with Gasteiger partial charge in [-0.2, -0.15) is 10.2 Å². The Hall–Kier alpha value is -12.2. The summed E-state index contributed by atoms with van der Waals surface area (Å²) in [5, 5.41) is 40.1. The van der Waals surface area contributed by atoms with E-state index in [-0.39, 0.29) is 65.1 Å². The minimum absolute atomic E-state index is 0. The first-order chi connectivity index (χ1) is 52.7. The van der Waals surface area contributed by atoms with E-state index >= 15 is 0 Å². The Labute approximate surface area is 683 Å². The van der Waals surface area contributed by atoms with Crippen LogP contribution >= 0.6 is 22.6 Å². The monoisotopic (exact) mass is 1800 g/mol. The quantitative estimate of drug-likeness (QED) is 0.0115. The van der Waals surface area contributed by atoms with Gasteiger partial charge >= 0.3 is 6.03 Å². The molecule has 0 bridgehead atoms. The molecule has 14 aromatic rings. The molecule has 26 heteroatoms. The van der Waals surface area contributed by atoms with Crippen LogP contribution in [0.2, 0.25) is 0 Å². The number of nitro benzene ring substituents is 1. The molecule has 6 heterocycles. The summed E-state index contributed by atoms with van der Waals surface area (Å²) in [7, 11) is 0. The number of ether oxygens (including phenoxy) is 3. The van der Waals surface area contributed by atoms with Gasteiger partial charge in [-0.05, 0) is 150 Å². The predicted octanol–water partition coefficient (Wildman–Crippen LogP) is 18.5. The molecule has 0 aliphatic carbocycles. The third-order valence-electron chi connectivity index (χ3n) is 16.6. The summed E-state index contributed by atoms with van der Waals surface area (Å²) >= 11 is 1.96. The summed E-state index contributed by atoms with van der Waals surface area (Å²) in [6.07, 6.45) is 6.52. The van der Waals surface area contributed by atoms with E-state index in [9.17, 15) is 14.9 Å². The first kappa shape index (κ1) is 87.0. The number of aromatic nitrogens is 8. The van der Waals surface area contributed by atoms with Crippen molar-refractivity contribution in [2.45, 2.75) is 100 Å². The Balaban J connectivity index is 0.000000232. The third kappa shape index (κ3) is 24.7. The Morgan fingerprint density at radius 1 is 0.500 bits per heavy atom. The second-order valence-corrected chi connectivity index (χ2v) is 27.1. The molecular weight excluding hydrogens is 1710 g/mol. The number of alkyl halides is 1. The molecule has 0 fully saturated rings. The van der Waals surface area contributed by atoms with Gasteiger partial charge in [0.05, 0.1) is 45.4 Å². The van der Waals surface area contributed by atoms with Gasteiger partial charge in [-0.25, -0.2) is 34.1 Å². The number of nitrogens with zero attached hydrogens (tertiary/aromatic N) is 9. The van der Waals surface area contributed by atoms with Gasteiger partial charge in [-0.15, -0.1) is 0 Å². The zero-order valence-corrected chi connectivity index (χ0v) is 67.6. The maximum atomic E-state index is 13.2. The standard InChI is InChI=1S/C31H32N6O2.C16H13N3O3.C16H15N3O.C14H19N3.C6H8N2O.CH3I.CH4.CH3.Pt/c1-20-9-11-22(12-10-20)37-29(18-27(36-37)31(2,3)4)35-30(38)34-25-13-14-26(24-8-6-5-7-23(24)25)39-19-21-15-16-33-28(32)17-21;17-16-9-11(7-8-18-16)10-22-15-6-5-14(19(20)21)12-3-1-2-4-13(12)15;17-14-5-6-15(13-4-2-1-3-12(13)14)20-10-11-7-8-19-16(18)9-11;1-10-5-7-11(8-6-10)17-13(15)9-12(16-17)14(2,3)4;7-6-3-5(4-9)1-2-8-6;1-2;;;/h5-18H,19H2,1-4H3,(H2,32,33)(H2,34,35,38);1-9H,10H2,(H2,17,18);1-9H,10,17H2,(H2,18,19);5-9H,15H2,1-4H3;1-3,9H,4H2,(H2,7,8);1H3;1H4;1H3;/q;;;;;;;-1;/i;;;;;1D;;;. The largest absolute Gasteiger partial charge is 0.488 e. The van der Waals surface area contributed by atoms with E-state index in [0.717, 1.165) is 83.6 Å². The van der Waals surface area contributed by atoms with Crippen LogP contribution in [-0.2, 0) is 58.3 Å². The number of pyridine rings is 4. The first-order valence-corrected chi connectivity index (χ1v) is 36.0. The number of aryl methyl sites for hydroxylation is 2. The minimum atomic E-state index is -0.393. The van der Waals surface area contributed by atoms with E-state index in [1.54, 1.807) is 88.7 Å². The summed E-state index contributed by atoms with van der Waals surface area (Å²) in [5.41, 5.74) is 45.4. The zero-order valence-electron chi connectivity index (χ0n) is 64.2. The van der Waals surface area contributed by atoms with Crippen LogP contribution < -0.4 is 59.2 Å². The van der Waals surface area contributed by atoms with Crippen molar-refractivity contribution in [1.82, 2.24) is 39.5 Å². The average Bonchev–Trinajstić information content (AvgIpc) is 1.07. The van der Waals surface area contributed by atoms with E-state index in [1.165, 1.54) is 11.6 Å². The number of nitrogens with two attached hydrogens (primary N) is 6. The molecule has 112 heavy (non-hydrogen) atoms. The number of benzene rings is 8. The number of carbonyl (C=O) groups excluding carboxylic acids is 1. The van der Waals surface area contributed by atoms with Gasteiger partial charge in [0, 0.05) is 109 Å². The second-order valence-electron chi connectivity index (χ2n) is 27.1. The molecule has 0 radical (unpaired) electrons. The number of anilines is 8. The molecule has 0 saturated carbocycles. The van der Waals surface area contributed by atoms with Crippen LogP contribution in [0.1, 0.15) is 95.1 Å². The molecule has 0 unspecified atom stereocenters. The van der Waals surface area contributed by atoms with Crippen molar-refractivity contribution in [2.75, 3.05) is 49.9 Å². The number of fused-ring (bicyclic) bond motifs is 3. The Morgan fingerprint density at radius 3 is 1.29 bits per heavy atom. The molecule has 8 aromatic carbocycles. The summed E-state index contributed by atoms with van der Waals surface area (Å²) in [6, 6.07) is 67.3. The van der Waals surface area contributed by atoms with Crippen molar-refractivity contribution in [3.63, 3.8) is 0 Å². The second kappa shape index (κ2) is 41.6.